The first-order chi connectivity index (χ1) is 9.92. The third-order valence-corrected chi connectivity index (χ3v) is 3.72. The van der Waals surface area contributed by atoms with Crippen LogP contribution < -0.4 is 10.6 Å². The zero-order valence-corrected chi connectivity index (χ0v) is 13.7. The molecule has 0 aliphatic heterocycles. The average Bonchev–Trinajstić information content (AvgIpc) is 2.40. The van der Waals surface area contributed by atoms with Gasteiger partial charge in [0.1, 0.15) is 5.60 Å². The molecule has 1 aliphatic carbocycles. The third-order valence-electron chi connectivity index (χ3n) is 3.72. The predicted molar refractivity (Wildman–Crippen MR) is 86.1 cm³/mol. The summed E-state index contributed by atoms with van der Waals surface area (Å²) in [5, 5.41) is 6.50. The molecule has 4 heteroatoms. The van der Waals surface area contributed by atoms with Crippen molar-refractivity contribution in [2.45, 2.75) is 70.9 Å². The Morgan fingerprint density at radius 3 is 2.71 bits per heavy atom. The number of alkyl carbamates (subject to hydrolysis) is 1. The van der Waals surface area contributed by atoms with Crippen molar-refractivity contribution < 1.29 is 9.53 Å². The number of unbranched alkanes of at least 4 members (excludes halogenated alkanes) is 1. The van der Waals surface area contributed by atoms with Gasteiger partial charge < -0.3 is 15.4 Å². The number of carbonyl (C=O) groups is 1. The van der Waals surface area contributed by atoms with Gasteiger partial charge >= 0.3 is 6.09 Å². The molecule has 1 saturated carbocycles. The van der Waals surface area contributed by atoms with Crippen molar-refractivity contribution in [3.8, 4) is 12.3 Å². The summed E-state index contributed by atoms with van der Waals surface area (Å²) in [5.41, 5.74) is -0.441. The van der Waals surface area contributed by atoms with Crippen LogP contribution in [0.5, 0.6) is 0 Å². The Bertz CT molecular complexity index is 355. The molecule has 4 nitrogen and oxygen atoms in total. The zero-order valence-electron chi connectivity index (χ0n) is 13.7. The first-order valence-electron chi connectivity index (χ1n) is 8.06. The summed E-state index contributed by atoms with van der Waals surface area (Å²) in [4.78, 5) is 11.7. The molecule has 0 radical (unpaired) electrons. The number of ether oxygens (including phenoxy) is 1. The molecule has 0 aromatic heterocycles. The number of amides is 1. The minimum absolute atomic E-state index is 0.320. The van der Waals surface area contributed by atoms with E-state index in [0.717, 1.165) is 25.8 Å². The van der Waals surface area contributed by atoms with Gasteiger partial charge in [0.25, 0.3) is 0 Å². The van der Waals surface area contributed by atoms with Crippen molar-refractivity contribution in [3.63, 3.8) is 0 Å². The highest BCUT2D eigenvalue weighted by Gasteiger charge is 2.25. The van der Waals surface area contributed by atoms with Crippen LogP contribution in [0.3, 0.4) is 0 Å². The van der Waals surface area contributed by atoms with Crippen LogP contribution in [0.1, 0.15) is 59.3 Å². The van der Waals surface area contributed by atoms with Crippen LogP contribution >= 0.6 is 0 Å². The molecule has 0 aromatic carbocycles. The van der Waals surface area contributed by atoms with Crippen molar-refractivity contribution >= 4 is 6.09 Å². The molecule has 1 fully saturated rings. The molecular formula is C17H30N2O2. The van der Waals surface area contributed by atoms with Gasteiger partial charge in [-0.2, -0.15) is 0 Å². The van der Waals surface area contributed by atoms with Crippen LogP contribution in [0.25, 0.3) is 0 Å². The molecule has 1 rings (SSSR count). The minimum atomic E-state index is -0.441. The Hall–Kier alpha value is -1.21. The molecular weight excluding hydrogens is 264 g/mol. The normalized spacial score (nSPS) is 22.4. The number of hydrogen-bond donors (Lipinski definition) is 2. The summed E-state index contributed by atoms with van der Waals surface area (Å²) in [7, 11) is 0. The summed E-state index contributed by atoms with van der Waals surface area (Å²) in [6, 6.07) is 0.478. The maximum Gasteiger partial charge on any atom is 0.407 e. The topological polar surface area (TPSA) is 50.4 Å². The van der Waals surface area contributed by atoms with E-state index < -0.39 is 5.60 Å². The van der Waals surface area contributed by atoms with Gasteiger partial charge in [-0.05, 0) is 52.5 Å². The van der Waals surface area contributed by atoms with E-state index in [-0.39, 0.29) is 6.09 Å². The lowest BCUT2D eigenvalue weighted by atomic mass is 9.84. The summed E-state index contributed by atoms with van der Waals surface area (Å²) in [6.45, 7) is 7.27. The van der Waals surface area contributed by atoms with E-state index in [0.29, 0.717) is 18.5 Å². The van der Waals surface area contributed by atoms with Gasteiger partial charge in [0.15, 0.2) is 0 Å². The van der Waals surface area contributed by atoms with E-state index in [1.165, 1.54) is 19.3 Å². The van der Waals surface area contributed by atoms with Gasteiger partial charge in [-0.25, -0.2) is 4.79 Å². The van der Waals surface area contributed by atoms with Crippen LogP contribution in [-0.4, -0.2) is 30.8 Å². The molecule has 1 amide bonds. The highest BCUT2D eigenvalue weighted by Crippen LogP contribution is 2.24. The Balaban J connectivity index is 2.32. The van der Waals surface area contributed by atoms with Crippen molar-refractivity contribution in [1.82, 2.24) is 10.6 Å². The number of nitrogens with one attached hydrogen (secondary N) is 2. The summed E-state index contributed by atoms with van der Waals surface area (Å²) in [5.74, 6) is 3.15. The van der Waals surface area contributed by atoms with E-state index in [1.54, 1.807) is 0 Å². The summed E-state index contributed by atoms with van der Waals surface area (Å²) < 4.78 is 5.28. The number of terminal acetylenes is 1. The summed E-state index contributed by atoms with van der Waals surface area (Å²) in [6.07, 6.45) is 11.6. The molecule has 120 valence electrons. The van der Waals surface area contributed by atoms with Gasteiger partial charge in [0.05, 0.1) is 0 Å². The zero-order chi connectivity index (χ0) is 15.7. The van der Waals surface area contributed by atoms with E-state index in [4.69, 9.17) is 11.2 Å². The highest BCUT2D eigenvalue weighted by atomic mass is 16.6. The fourth-order valence-electron chi connectivity index (χ4n) is 2.73. The van der Waals surface area contributed by atoms with E-state index >= 15 is 0 Å². The van der Waals surface area contributed by atoms with Crippen molar-refractivity contribution in [1.29, 1.82) is 0 Å². The van der Waals surface area contributed by atoms with Gasteiger partial charge in [0.2, 0.25) is 0 Å². The molecule has 0 aromatic rings. The maximum absolute atomic E-state index is 11.7. The van der Waals surface area contributed by atoms with Crippen molar-refractivity contribution in [2.24, 2.45) is 5.92 Å². The quantitative estimate of drug-likeness (QED) is 0.585. The molecule has 1 aliphatic rings. The van der Waals surface area contributed by atoms with Crippen LogP contribution in [-0.2, 0) is 4.74 Å². The number of hydrogen-bond acceptors (Lipinski definition) is 3. The molecule has 21 heavy (non-hydrogen) atoms. The Morgan fingerprint density at radius 1 is 1.33 bits per heavy atom. The Kier molecular flexibility index (Phi) is 7.60. The molecule has 0 spiro atoms. The number of rotatable bonds is 6. The van der Waals surface area contributed by atoms with E-state index in [2.05, 4.69) is 16.6 Å². The van der Waals surface area contributed by atoms with Crippen LogP contribution in [0.2, 0.25) is 0 Å². The molecule has 0 saturated heterocycles. The smallest absolute Gasteiger partial charge is 0.407 e. The monoisotopic (exact) mass is 294 g/mol. The lowest BCUT2D eigenvalue weighted by molar-refractivity contribution is 0.0510. The van der Waals surface area contributed by atoms with Crippen molar-refractivity contribution in [3.05, 3.63) is 0 Å². The van der Waals surface area contributed by atoms with Crippen LogP contribution in [0.4, 0.5) is 4.79 Å². The molecule has 2 N–H and O–H groups in total. The molecule has 2 atom stereocenters. The maximum atomic E-state index is 11.7. The van der Waals surface area contributed by atoms with E-state index in [9.17, 15) is 4.79 Å². The van der Waals surface area contributed by atoms with Gasteiger partial charge in [-0.3, -0.25) is 0 Å². The standard InChI is InChI=1S/C17H30N2O2/c1-5-6-9-12-18-15-11-8-7-10-14(15)13-19-16(20)21-17(2,3)4/h1,14-15,18H,6-13H2,2-4H3,(H,19,20). The second-order valence-electron chi connectivity index (χ2n) is 6.80. The molecule has 0 bridgehead atoms. The second-order valence-corrected chi connectivity index (χ2v) is 6.80. The lowest BCUT2D eigenvalue weighted by Crippen LogP contribution is -2.45. The Morgan fingerprint density at radius 2 is 2.05 bits per heavy atom. The SMILES string of the molecule is C#CCCCNC1CCCCC1CNC(=O)OC(C)(C)C. The fourth-order valence-corrected chi connectivity index (χ4v) is 2.73. The van der Waals surface area contributed by atoms with Gasteiger partial charge in [-0.1, -0.05) is 12.8 Å². The largest absolute Gasteiger partial charge is 0.444 e. The first kappa shape index (κ1) is 17.8. The van der Waals surface area contributed by atoms with Gasteiger partial charge in [-0.15, -0.1) is 12.3 Å². The van der Waals surface area contributed by atoms with E-state index in [1.807, 2.05) is 20.8 Å². The lowest BCUT2D eigenvalue weighted by Gasteiger charge is -2.32. The minimum Gasteiger partial charge on any atom is -0.444 e. The summed E-state index contributed by atoms with van der Waals surface area (Å²) >= 11 is 0. The predicted octanol–water partition coefficient (Wildman–Crippen LogP) is 3.07. The first-order valence-corrected chi connectivity index (χ1v) is 8.06. The van der Waals surface area contributed by atoms with Crippen molar-refractivity contribution in [2.75, 3.05) is 13.1 Å². The molecule has 2 unspecified atom stereocenters. The Labute approximate surface area is 129 Å². The second kappa shape index (κ2) is 8.94. The fraction of sp³-hybridized carbons (Fsp3) is 0.824. The van der Waals surface area contributed by atoms with Crippen LogP contribution in [0, 0.1) is 18.3 Å². The highest BCUT2D eigenvalue weighted by molar-refractivity contribution is 5.67. The molecule has 0 heterocycles. The number of carbonyl (C=O) groups excluding carboxylic acids is 1. The van der Waals surface area contributed by atoms with Gasteiger partial charge in [0, 0.05) is 19.0 Å². The average molecular weight is 294 g/mol. The third kappa shape index (κ3) is 7.96. The van der Waals surface area contributed by atoms with Crippen LogP contribution in [0.15, 0.2) is 0 Å².